The van der Waals surface area contributed by atoms with Crippen LogP contribution in [0.2, 0.25) is 0 Å². The van der Waals surface area contributed by atoms with Crippen LogP contribution in [0.25, 0.3) is 10.8 Å². The normalized spacial score (nSPS) is 12.1. The number of carbonyl (C=O) groups is 2. The van der Waals surface area contributed by atoms with E-state index in [0.717, 1.165) is 4.88 Å². The molecular formula is C18H18N2O5S. The molecule has 8 heteroatoms. The van der Waals surface area contributed by atoms with Crippen LogP contribution in [0.5, 0.6) is 0 Å². The highest BCUT2D eigenvalue weighted by Gasteiger charge is 2.27. The molecule has 7 nitrogen and oxygen atoms in total. The van der Waals surface area contributed by atoms with E-state index in [1.54, 1.807) is 6.07 Å². The number of oxazole rings is 1. The van der Waals surface area contributed by atoms with Crippen LogP contribution in [0.4, 0.5) is 0 Å². The van der Waals surface area contributed by atoms with E-state index < -0.39 is 17.9 Å². The lowest BCUT2D eigenvalue weighted by Crippen LogP contribution is -2.45. The Bertz CT molecular complexity index is 852. The number of hydrogen-bond donors (Lipinski definition) is 1. The van der Waals surface area contributed by atoms with Gasteiger partial charge in [-0.25, -0.2) is 9.78 Å². The molecule has 3 rings (SSSR count). The number of furan rings is 1. The summed E-state index contributed by atoms with van der Waals surface area (Å²) < 4.78 is 15.7. The predicted molar refractivity (Wildman–Crippen MR) is 94.4 cm³/mol. The standard InChI is InChI=1S/C18H18N2O5S/c1-11(2)15(20-16(21)13-5-3-7-23-13)18(22)25-10-12-9-24-17(19-12)14-6-4-8-26-14/h3-9,11,15H,10H2,1-2H3,(H,20,21)/t15-/m0/s1. The highest BCUT2D eigenvalue weighted by atomic mass is 32.1. The Balaban J connectivity index is 1.59. The fourth-order valence-corrected chi connectivity index (χ4v) is 2.89. The van der Waals surface area contributed by atoms with Gasteiger partial charge in [-0.2, -0.15) is 0 Å². The molecule has 0 aliphatic carbocycles. The van der Waals surface area contributed by atoms with Crippen molar-refractivity contribution in [2.75, 3.05) is 0 Å². The molecule has 0 aliphatic heterocycles. The molecule has 1 atom stereocenters. The zero-order valence-corrected chi connectivity index (χ0v) is 15.1. The van der Waals surface area contributed by atoms with Crippen molar-refractivity contribution in [2.45, 2.75) is 26.5 Å². The van der Waals surface area contributed by atoms with Gasteiger partial charge in [-0.15, -0.1) is 11.3 Å². The minimum Gasteiger partial charge on any atom is -0.459 e. The molecule has 0 saturated carbocycles. The highest BCUT2D eigenvalue weighted by molar-refractivity contribution is 7.13. The molecule has 0 bridgehead atoms. The number of rotatable bonds is 7. The second-order valence-electron chi connectivity index (χ2n) is 5.90. The lowest BCUT2D eigenvalue weighted by atomic mass is 10.0. The maximum atomic E-state index is 12.4. The molecule has 0 radical (unpaired) electrons. The van der Waals surface area contributed by atoms with Gasteiger partial charge in [0.25, 0.3) is 5.91 Å². The topological polar surface area (TPSA) is 94.6 Å². The monoisotopic (exact) mass is 374 g/mol. The van der Waals surface area contributed by atoms with E-state index in [9.17, 15) is 9.59 Å². The average Bonchev–Trinajstić information content (AvgIpc) is 3.38. The van der Waals surface area contributed by atoms with Crippen molar-refractivity contribution in [1.82, 2.24) is 10.3 Å². The van der Waals surface area contributed by atoms with Gasteiger partial charge in [0.05, 0.1) is 11.1 Å². The molecule has 0 aliphatic rings. The van der Waals surface area contributed by atoms with Crippen molar-refractivity contribution >= 4 is 23.2 Å². The van der Waals surface area contributed by atoms with Gasteiger partial charge in [-0.3, -0.25) is 4.79 Å². The van der Waals surface area contributed by atoms with Crippen LogP contribution in [-0.2, 0) is 16.1 Å². The maximum Gasteiger partial charge on any atom is 0.329 e. The van der Waals surface area contributed by atoms with Crippen molar-refractivity contribution in [3.8, 4) is 10.8 Å². The fraction of sp³-hybridized carbons (Fsp3) is 0.278. The molecular weight excluding hydrogens is 356 g/mol. The summed E-state index contributed by atoms with van der Waals surface area (Å²) in [4.78, 5) is 29.7. The molecule has 0 unspecified atom stereocenters. The summed E-state index contributed by atoms with van der Waals surface area (Å²) in [6.07, 6.45) is 2.85. The van der Waals surface area contributed by atoms with Crippen molar-refractivity contribution in [1.29, 1.82) is 0 Å². The highest BCUT2D eigenvalue weighted by Crippen LogP contribution is 2.23. The fourth-order valence-electron chi connectivity index (χ4n) is 2.24. The smallest absolute Gasteiger partial charge is 0.329 e. The first-order valence-corrected chi connectivity index (χ1v) is 8.92. The largest absolute Gasteiger partial charge is 0.459 e. The van der Waals surface area contributed by atoms with Crippen LogP contribution in [0, 0.1) is 5.92 Å². The molecule has 1 N–H and O–H groups in total. The van der Waals surface area contributed by atoms with Gasteiger partial charge in [0, 0.05) is 0 Å². The summed E-state index contributed by atoms with van der Waals surface area (Å²) in [5.41, 5.74) is 0.501. The second-order valence-corrected chi connectivity index (χ2v) is 6.85. The van der Waals surface area contributed by atoms with Crippen LogP contribution >= 0.6 is 11.3 Å². The van der Waals surface area contributed by atoms with E-state index in [4.69, 9.17) is 13.6 Å². The lowest BCUT2D eigenvalue weighted by Gasteiger charge is -2.20. The van der Waals surface area contributed by atoms with Crippen LogP contribution in [0.3, 0.4) is 0 Å². The summed E-state index contributed by atoms with van der Waals surface area (Å²) >= 11 is 1.51. The molecule has 3 heterocycles. The van der Waals surface area contributed by atoms with Gasteiger partial charge < -0.3 is 18.9 Å². The van der Waals surface area contributed by atoms with E-state index in [1.165, 1.54) is 29.9 Å². The van der Waals surface area contributed by atoms with Crippen molar-refractivity contribution < 1.29 is 23.2 Å². The van der Waals surface area contributed by atoms with Gasteiger partial charge >= 0.3 is 5.97 Å². The van der Waals surface area contributed by atoms with Crippen LogP contribution in [0.1, 0.15) is 30.1 Å². The zero-order valence-electron chi connectivity index (χ0n) is 14.3. The van der Waals surface area contributed by atoms with E-state index >= 15 is 0 Å². The molecule has 0 saturated heterocycles. The number of aromatic nitrogens is 1. The number of hydrogen-bond acceptors (Lipinski definition) is 7. The van der Waals surface area contributed by atoms with E-state index in [2.05, 4.69) is 10.3 Å². The summed E-state index contributed by atoms with van der Waals surface area (Å²) in [6.45, 7) is 3.60. The third kappa shape index (κ3) is 4.20. The third-order valence-electron chi connectivity index (χ3n) is 3.60. The molecule has 0 aromatic carbocycles. The van der Waals surface area contributed by atoms with Gasteiger partial charge in [0.15, 0.2) is 5.76 Å². The number of carbonyl (C=O) groups excluding carboxylic acids is 2. The van der Waals surface area contributed by atoms with E-state index in [-0.39, 0.29) is 18.3 Å². The number of nitrogens with one attached hydrogen (secondary N) is 1. The van der Waals surface area contributed by atoms with Gasteiger partial charge in [-0.05, 0) is 29.5 Å². The minimum atomic E-state index is -0.795. The summed E-state index contributed by atoms with van der Waals surface area (Å²) in [5.74, 6) is -0.536. The number of nitrogens with zero attached hydrogens (tertiary/aromatic N) is 1. The van der Waals surface area contributed by atoms with Gasteiger partial charge in [0.1, 0.15) is 24.6 Å². The molecule has 3 aromatic heterocycles. The minimum absolute atomic E-state index is 0.0342. The molecule has 26 heavy (non-hydrogen) atoms. The SMILES string of the molecule is CC(C)[C@H](NC(=O)c1ccco1)C(=O)OCc1coc(-c2cccs2)n1. The Hall–Kier alpha value is -2.87. The van der Waals surface area contributed by atoms with Gasteiger partial charge in [0.2, 0.25) is 5.89 Å². The predicted octanol–water partition coefficient (Wildman–Crippen LogP) is 3.49. The first-order chi connectivity index (χ1) is 12.5. The van der Waals surface area contributed by atoms with Crippen LogP contribution in [0.15, 0.2) is 51.0 Å². The van der Waals surface area contributed by atoms with E-state index in [0.29, 0.717) is 11.6 Å². The number of esters is 1. The summed E-state index contributed by atoms with van der Waals surface area (Å²) in [5, 5.41) is 4.56. The second kappa shape index (κ2) is 8.01. The van der Waals surface area contributed by atoms with Crippen molar-refractivity contribution in [2.24, 2.45) is 5.92 Å². The van der Waals surface area contributed by atoms with Gasteiger partial charge in [-0.1, -0.05) is 19.9 Å². The quantitative estimate of drug-likeness (QED) is 0.636. The molecule has 0 spiro atoms. The number of amides is 1. The zero-order chi connectivity index (χ0) is 18.5. The Morgan fingerprint density at radius 2 is 2.12 bits per heavy atom. The third-order valence-corrected chi connectivity index (χ3v) is 4.46. The van der Waals surface area contributed by atoms with Crippen LogP contribution in [-0.4, -0.2) is 22.9 Å². The molecule has 3 aromatic rings. The van der Waals surface area contributed by atoms with Crippen molar-refractivity contribution in [3.05, 3.63) is 53.6 Å². The first-order valence-electron chi connectivity index (χ1n) is 8.04. The number of ether oxygens (including phenoxy) is 1. The maximum absolute atomic E-state index is 12.4. The summed E-state index contributed by atoms with van der Waals surface area (Å²) in [7, 11) is 0. The van der Waals surface area contributed by atoms with Crippen molar-refractivity contribution in [3.63, 3.8) is 0 Å². The Labute approximate surface area is 154 Å². The Morgan fingerprint density at radius 1 is 1.27 bits per heavy atom. The molecule has 1 amide bonds. The number of thiophene rings is 1. The average molecular weight is 374 g/mol. The van der Waals surface area contributed by atoms with Crippen LogP contribution < -0.4 is 5.32 Å². The Kier molecular flexibility index (Phi) is 5.52. The molecule has 0 fully saturated rings. The lowest BCUT2D eigenvalue weighted by molar-refractivity contribution is -0.148. The summed E-state index contributed by atoms with van der Waals surface area (Å²) in [6, 6.07) is 6.13. The first kappa shape index (κ1) is 17.9. The molecule has 136 valence electrons. The Morgan fingerprint density at radius 3 is 2.77 bits per heavy atom. The van der Waals surface area contributed by atoms with E-state index in [1.807, 2.05) is 31.4 Å².